The maximum Gasteiger partial charge on any atom is 0.225 e. The van der Waals surface area contributed by atoms with Crippen LogP contribution in [0.15, 0.2) is 37.1 Å². The lowest BCUT2D eigenvalue weighted by atomic mass is 10.1. The molecule has 2 aromatic heterocycles. The normalized spacial score (nSPS) is 19.5. The number of hydrogen-bond acceptors (Lipinski definition) is 5. The highest BCUT2D eigenvalue weighted by Gasteiger charge is 2.28. The maximum atomic E-state index is 4.33. The van der Waals surface area contributed by atoms with Crippen LogP contribution in [0.25, 0.3) is 0 Å². The van der Waals surface area contributed by atoms with E-state index in [9.17, 15) is 0 Å². The average molecular weight is 227 g/mol. The van der Waals surface area contributed by atoms with E-state index in [-0.39, 0.29) is 6.04 Å². The van der Waals surface area contributed by atoms with E-state index in [1.54, 1.807) is 24.9 Å². The Morgan fingerprint density at radius 2 is 2.00 bits per heavy atom. The zero-order valence-electron chi connectivity index (χ0n) is 9.40. The molecule has 17 heavy (non-hydrogen) atoms. The topological polar surface area (TPSA) is 54.8 Å². The maximum absolute atomic E-state index is 4.33. The predicted molar refractivity (Wildman–Crippen MR) is 63.4 cm³/mol. The van der Waals surface area contributed by atoms with Gasteiger partial charge in [-0.2, -0.15) is 0 Å². The lowest BCUT2D eigenvalue weighted by Crippen LogP contribution is -2.25. The number of rotatable bonds is 2. The van der Waals surface area contributed by atoms with E-state index in [1.807, 2.05) is 12.1 Å². The molecule has 2 aromatic rings. The summed E-state index contributed by atoms with van der Waals surface area (Å²) in [6, 6.07) is 4.07. The number of hydrogen-bond donors (Lipinski definition) is 0. The molecule has 0 radical (unpaired) electrons. The molecule has 0 amide bonds. The van der Waals surface area contributed by atoms with Crippen molar-refractivity contribution in [3.05, 3.63) is 42.7 Å². The Hall–Kier alpha value is -2.04. The predicted octanol–water partition coefficient (Wildman–Crippen LogP) is 1.61. The van der Waals surface area contributed by atoms with E-state index in [0.29, 0.717) is 0 Å². The molecule has 1 unspecified atom stereocenters. The van der Waals surface area contributed by atoms with Crippen molar-refractivity contribution in [2.24, 2.45) is 0 Å². The van der Waals surface area contributed by atoms with Gasteiger partial charge < -0.3 is 4.90 Å². The summed E-state index contributed by atoms with van der Waals surface area (Å²) in [6.45, 7) is 0.985. The first-order valence-electron chi connectivity index (χ1n) is 5.75. The van der Waals surface area contributed by atoms with Crippen molar-refractivity contribution >= 4 is 5.95 Å². The van der Waals surface area contributed by atoms with Crippen LogP contribution in [0.2, 0.25) is 0 Å². The van der Waals surface area contributed by atoms with Crippen LogP contribution in [-0.4, -0.2) is 26.5 Å². The standard InChI is InChI=1S/C12H13N5/c1-3-11(10-4-7-13-9-16-10)17(8-1)12-14-5-2-6-15-12/h2,4-7,9,11H,1,3,8H2. The first-order chi connectivity index (χ1) is 8.45. The lowest BCUT2D eigenvalue weighted by molar-refractivity contribution is 0.676. The Labute approximate surface area is 99.6 Å². The summed E-state index contributed by atoms with van der Waals surface area (Å²) in [4.78, 5) is 19.1. The minimum Gasteiger partial charge on any atom is -0.332 e. The van der Waals surface area contributed by atoms with Crippen molar-refractivity contribution in [1.29, 1.82) is 0 Å². The van der Waals surface area contributed by atoms with Crippen LogP contribution in [0.1, 0.15) is 24.6 Å². The first kappa shape index (κ1) is 10.1. The van der Waals surface area contributed by atoms with Crippen LogP contribution >= 0.6 is 0 Å². The van der Waals surface area contributed by atoms with Crippen molar-refractivity contribution in [2.45, 2.75) is 18.9 Å². The molecule has 0 N–H and O–H groups in total. The Balaban J connectivity index is 1.91. The van der Waals surface area contributed by atoms with Gasteiger partial charge in [0.1, 0.15) is 6.33 Å². The summed E-state index contributed by atoms with van der Waals surface area (Å²) in [5, 5.41) is 0. The minimum atomic E-state index is 0.278. The van der Waals surface area contributed by atoms with Gasteiger partial charge in [-0.05, 0) is 25.0 Å². The third-order valence-electron chi connectivity index (χ3n) is 3.01. The third kappa shape index (κ3) is 1.95. The molecule has 1 aliphatic rings. The van der Waals surface area contributed by atoms with Gasteiger partial charge in [-0.15, -0.1) is 0 Å². The Morgan fingerprint density at radius 3 is 2.76 bits per heavy atom. The summed E-state index contributed by atoms with van der Waals surface area (Å²) >= 11 is 0. The van der Waals surface area contributed by atoms with Gasteiger partial charge in [0.2, 0.25) is 5.95 Å². The molecule has 0 spiro atoms. The lowest BCUT2D eigenvalue weighted by Gasteiger charge is -2.23. The molecular weight excluding hydrogens is 214 g/mol. The molecule has 1 saturated heterocycles. The van der Waals surface area contributed by atoms with E-state index < -0.39 is 0 Å². The molecule has 3 heterocycles. The number of anilines is 1. The van der Waals surface area contributed by atoms with Gasteiger partial charge in [0.05, 0.1) is 11.7 Å². The fourth-order valence-electron chi connectivity index (χ4n) is 2.25. The Kier molecular flexibility index (Phi) is 2.65. The zero-order chi connectivity index (χ0) is 11.5. The van der Waals surface area contributed by atoms with Crippen LogP contribution in [0.5, 0.6) is 0 Å². The molecule has 1 atom stereocenters. The van der Waals surface area contributed by atoms with Crippen molar-refractivity contribution in [1.82, 2.24) is 19.9 Å². The average Bonchev–Trinajstić information content (AvgIpc) is 2.90. The SMILES string of the molecule is c1cnc(N2CCCC2c2ccncn2)nc1. The molecule has 5 nitrogen and oxygen atoms in total. The summed E-state index contributed by atoms with van der Waals surface area (Å²) in [5.41, 5.74) is 1.05. The zero-order valence-corrected chi connectivity index (χ0v) is 9.40. The molecule has 1 fully saturated rings. The van der Waals surface area contributed by atoms with Gasteiger partial charge in [-0.1, -0.05) is 0 Å². The van der Waals surface area contributed by atoms with Crippen molar-refractivity contribution < 1.29 is 0 Å². The quantitative estimate of drug-likeness (QED) is 0.780. The Bertz CT molecular complexity index is 427. The van der Waals surface area contributed by atoms with E-state index in [1.165, 1.54) is 0 Å². The van der Waals surface area contributed by atoms with Crippen LogP contribution in [0, 0.1) is 0 Å². The van der Waals surface area contributed by atoms with Crippen molar-refractivity contribution in [3.63, 3.8) is 0 Å². The summed E-state index contributed by atoms with van der Waals surface area (Å²) in [5.74, 6) is 0.786. The fraction of sp³-hybridized carbons (Fsp3) is 0.333. The molecule has 0 bridgehead atoms. The molecule has 0 aromatic carbocycles. The Morgan fingerprint density at radius 1 is 1.12 bits per heavy atom. The van der Waals surface area contributed by atoms with Gasteiger partial charge in [0.15, 0.2) is 0 Å². The van der Waals surface area contributed by atoms with Crippen LogP contribution in [0.4, 0.5) is 5.95 Å². The monoisotopic (exact) mass is 227 g/mol. The van der Waals surface area contributed by atoms with E-state index in [0.717, 1.165) is 31.0 Å². The molecule has 1 aliphatic heterocycles. The number of nitrogens with zero attached hydrogens (tertiary/aromatic N) is 5. The van der Waals surface area contributed by atoms with E-state index in [2.05, 4.69) is 24.8 Å². The second-order valence-electron chi connectivity index (χ2n) is 4.03. The largest absolute Gasteiger partial charge is 0.332 e. The van der Waals surface area contributed by atoms with Crippen molar-refractivity contribution in [3.8, 4) is 0 Å². The van der Waals surface area contributed by atoms with Gasteiger partial charge in [-0.25, -0.2) is 19.9 Å². The second-order valence-corrected chi connectivity index (χ2v) is 4.03. The van der Waals surface area contributed by atoms with Gasteiger partial charge in [-0.3, -0.25) is 0 Å². The molecule has 3 rings (SSSR count). The highest BCUT2D eigenvalue weighted by molar-refractivity contribution is 5.35. The van der Waals surface area contributed by atoms with Crippen LogP contribution < -0.4 is 4.90 Å². The highest BCUT2D eigenvalue weighted by Crippen LogP contribution is 2.32. The summed E-state index contributed by atoms with van der Waals surface area (Å²) in [7, 11) is 0. The highest BCUT2D eigenvalue weighted by atomic mass is 15.3. The summed E-state index contributed by atoms with van der Waals surface area (Å²) < 4.78 is 0. The molecule has 0 aliphatic carbocycles. The molecular formula is C12H13N5. The number of aromatic nitrogens is 4. The fourth-order valence-corrected chi connectivity index (χ4v) is 2.25. The van der Waals surface area contributed by atoms with Crippen LogP contribution in [-0.2, 0) is 0 Å². The first-order valence-corrected chi connectivity index (χ1v) is 5.75. The molecule has 5 heteroatoms. The van der Waals surface area contributed by atoms with E-state index in [4.69, 9.17) is 0 Å². The second kappa shape index (κ2) is 4.45. The van der Waals surface area contributed by atoms with Gasteiger partial charge in [0, 0.05) is 25.1 Å². The minimum absolute atomic E-state index is 0.278. The molecule has 86 valence electrons. The van der Waals surface area contributed by atoms with E-state index >= 15 is 0 Å². The smallest absolute Gasteiger partial charge is 0.225 e. The third-order valence-corrected chi connectivity index (χ3v) is 3.01. The van der Waals surface area contributed by atoms with Gasteiger partial charge in [0.25, 0.3) is 0 Å². The van der Waals surface area contributed by atoms with Crippen LogP contribution in [0.3, 0.4) is 0 Å². The summed E-state index contributed by atoms with van der Waals surface area (Å²) in [6.07, 6.45) is 9.17. The van der Waals surface area contributed by atoms with Gasteiger partial charge >= 0.3 is 0 Å². The van der Waals surface area contributed by atoms with Crippen molar-refractivity contribution in [2.75, 3.05) is 11.4 Å². The molecule has 0 saturated carbocycles.